The Hall–Kier alpha value is 0.0569. The van der Waals surface area contributed by atoms with Crippen molar-refractivity contribution in [1.82, 2.24) is 0 Å². The van der Waals surface area contributed by atoms with E-state index in [1.807, 2.05) is 6.92 Å². The lowest BCUT2D eigenvalue weighted by Gasteiger charge is -2.28. The third-order valence-electron chi connectivity index (χ3n) is 2.27. The van der Waals surface area contributed by atoms with E-state index < -0.39 is 8.80 Å². The smallest absolute Gasteiger partial charge is 0.377 e. The van der Waals surface area contributed by atoms with Gasteiger partial charge in [0.2, 0.25) is 0 Å². The molecule has 0 heterocycles. The predicted octanol–water partition coefficient (Wildman–Crippen LogP) is 2.16. The summed E-state index contributed by atoms with van der Waals surface area (Å²) in [6, 6.07) is 0.971. The second-order valence-electron chi connectivity index (χ2n) is 4.10. The van der Waals surface area contributed by atoms with E-state index in [2.05, 4.69) is 13.8 Å². The van der Waals surface area contributed by atoms with Crippen LogP contribution in [0.4, 0.5) is 0 Å². The largest absolute Gasteiger partial charge is 0.500 e. The van der Waals surface area contributed by atoms with E-state index in [1.54, 1.807) is 7.11 Å². The standard InChI is InChI=1S/C11H27NO3Si/c1-5-8-14-16(13-4,15-9-6-2)10-7-11(3)12/h11H,5-10,12H2,1-4H3. The Kier molecular flexibility index (Phi) is 9.16. The Morgan fingerprint density at radius 1 is 1.12 bits per heavy atom. The van der Waals surface area contributed by atoms with Gasteiger partial charge in [0.1, 0.15) is 0 Å². The first kappa shape index (κ1) is 16.1. The molecule has 2 N–H and O–H groups in total. The molecule has 0 radical (unpaired) electrons. The third kappa shape index (κ3) is 6.60. The summed E-state index contributed by atoms with van der Waals surface area (Å²) >= 11 is 0. The van der Waals surface area contributed by atoms with Crippen molar-refractivity contribution in [2.24, 2.45) is 5.73 Å². The fourth-order valence-electron chi connectivity index (χ4n) is 1.33. The van der Waals surface area contributed by atoms with Gasteiger partial charge in [0.15, 0.2) is 0 Å². The first-order valence-corrected chi connectivity index (χ1v) is 8.12. The number of rotatable bonds is 10. The first-order chi connectivity index (χ1) is 7.60. The number of nitrogens with two attached hydrogens (primary N) is 1. The predicted molar refractivity (Wildman–Crippen MR) is 68.3 cm³/mol. The van der Waals surface area contributed by atoms with E-state index in [0.717, 1.165) is 25.3 Å². The van der Waals surface area contributed by atoms with Crippen molar-refractivity contribution >= 4 is 8.80 Å². The lowest BCUT2D eigenvalue weighted by Crippen LogP contribution is -2.46. The molecule has 4 nitrogen and oxygen atoms in total. The van der Waals surface area contributed by atoms with Gasteiger partial charge in [-0.3, -0.25) is 0 Å². The Labute approximate surface area is 101 Å². The molecule has 0 aliphatic carbocycles. The molecule has 98 valence electrons. The van der Waals surface area contributed by atoms with Crippen LogP contribution in [0.1, 0.15) is 40.0 Å². The summed E-state index contributed by atoms with van der Waals surface area (Å²) < 4.78 is 17.2. The zero-order valence-electron chi connectivity index (χ0n) is 11.1. The minimum absolute atomic E-state index is 0.164. The molecule has 0 fully saturated rings. The zero-order valence-corrected chi connectivity index (χ0v) is 12.1. The Bertz CT molecular complexity index is 159. The lowest BCUT2D eigenvalue weighted by molar-refractivity contribution is 0.0765. The molecule has 0 spiro atoms. The molecule has 1 atom stereocenters. The Balaban J connectivity index is 4.27. The molecule has 0 saturated carbocycles. The van der Waals surface area contributed by atoms with Crippen LogP contribution in [0.2, 0.25) is 6.04 Å². The quantitative estimate of drug-likeness (QED) is 0.603. The Morgan fingerprint density at radius 2 is 1.62 bits per heavy atom. The lowest BCUT2D eigenvalue weighted by atomic mass is 10.3. The highest BCUT2D eigenvalue weighted by molar-refractivity contribution is 6.60. The van der Waals surface area contributed by atoms with E-state index >= 15 is 0 Å². The molecular weight excluding hydrogens is 222 g/mol. The molecule has 16 heavy (non-hydrogen) atoms. The van der Waals surface area contributed by atoms with Gasteiger partial charge >= 0.3 is 8.80 Å². The Morgan fingerprint density at radius 3 is 1.94 bits per heavy atom. The number of hydrogen-bond donors (Lipinski definition) is 1. The highest BCUT2D eigenvalue weighted by atomic mass is 28.4. The van der Waals surface area contributed by atoms with Crippen molar-refractivity contribution in [3.05, 3.63) is 0 Å². The summed E-state index contributed by atoms with van der Waals surface area (Å²) in [4.78, 5) is 0. The second-order valence-corrected chi connectivity index (χ2v) is 6.95. The average Bonchev–Trinajstić information content (AvgIpc) is 2.29. The third-order valence-corrected chi connectivity index (χ3v) is 5.08. The zero-order chi connectivity index (χ0) is 12.4. The summed E-state index contributed by atoms with van der Waals surface area (Å²) in [6.07, 6.45) is 2.84. The number of hydrogen-bond acceptors (Lipinski definition) is 4. The van der Waals surface area contributed by atoms with Crippen LogP contribution >= 0.6 is 0 Å². The SMILES string of the molecule is CCCO[Si](CCC(C)N)(OC)OCCC. The van der Waals surface area contributed by atoms with Crippen LogP contribution < -0.4 is 5.73 Å². The summed E-state index contributed by atoms with van der Waals surface area (Å²) in [5.41, 5.74) is 5.77. The van der Waals surface area contributed by atoms with Crippen LogP contribution in [0.5, 0.6) is 0 Å². The molecule has 0 rings (SSSR count). The topological polar surface area (TPSA) is 53.7 Å². The highest BCUT2D eigenvalue weighted by Crippen LogP contribution is 2.18. The van der Waals surface area contributed by atoms with Crippen molar-refractivity contribution < 1.29 is 13.3 Å². The van der Waals surface area contributed by atoms with Gasteiger partial charge in [-0.15, -0.1) is 0 Å². The molecule has 0 bridgehead atoms. The van der Waals surface area contributed by atoms with Gasteiger partial charge in [0.25, 0.3) is 0 Å². The van der Waals surface area contributed by atoms with E-state index in [0.29, 0.717) is 13.2 Å². The average molecular weight is 249 g/mol. The monoisotopic (exact) mass is 249 g/mol. The van der Waals surface area contributed by atoms with Crippen molar-refractivity contribution in [2.75, 3.05) is 20.3 Å². The van der Waals surface area contributed by atoms with Crippen LogP contribution in [-0.2, 0) is 13.3 Å². The molecule has 0 aliphatic rings. The second kappa shape index (κ2) is 9.12. The maximum atomic E-state index is 5.82. The summed E-state index contributed by atoms with van der Waals surface area (Å²) in [6.45, 7) is 7.56. The maximum absolute atomic E-state index is 5.82. The van der Waals surface area contributed by atoms with E-state index in [-0.39, 0.29) is 6.04 Å². The van der Waals surface area contributed by atoms with Gasteiger partial charge < -0.3 is 19.0 Å². The van der Waals surface area contributed by atoms with Crippen LogP contribution in [0.3, 0.4) is 0 Å². The van der Waals surface area contributed by atoms with E-state index in [4.69, 9.17) is 19.0 Å². The van der Waals surface area contributed by atoms with Crippen LogP contribution in [0, 0.1) is 0 Å². The van der Waals surface area contributed by atoms with Crippen LogP contribution in [0.25, 0.3) is 0 Å². The molecule has 5 heteroatoms. The molecule has 0 saturated heterocycles. The summed E-state index contributed by atoms with van der Waals surface area (Å²) in [7, 11) is -0.775. The van der Waals surface area contributed by atoms with E-state index in [9.17, 15) is 0 Å². The van der Waals surface area contributed by atoms with Gasteiger partial charge in [0.05, 0.1) is 0 Å². The van der Waals surface area contributed by atoms with Gasteiger partial charge in [-0.25, -0.2) is 0 Å². The van der Waals surface area contributed by atoms with Crippen molar-refractivity contribution in [2.45, 2.75) is 52.1 Å². The van der Waals surface area contributed by atoms with Crippen molar-refractivity contribution in [1.29, 1.82) is 0 Å². The summed E-state index contributed by atoms with van der Waals surface area (Å²) in [5, 5.41) is 0. The van der Waals surface area contributed by atoms with Crippen LogP contribution in [0.15, 0.2) is 0 Å². The fourth-order valence-corrected chi connectivity index (χ4v) is 3.98. The molecular formula is C11H27NO3Si. The molecule has 0 aromatic rings. The normalized spacial score (nSPS) is 14.1. The minimum atomic E-state index is -2.45. The van der Waals surface area contributed by atoms with Gasteiger partial charge in [-0.2, -0.15) is 0 Å². The maximum Gasteiger partial charge on any atom is 0.500 e. The first-order valence-electron chi connectivity index (χ1n) is 6.18. The molecule has 0 aromatic carbocycles. The molecule has 0 amide bonds. The molecule has 1 unspecified atom stereocenters. The summed E-state index contributed by atoms with van der Waals surface area (Å²) in [5.74, 6) is 0. The highest BCUT2D eigenvalue weighted by Gasteiger charge is 2.39. The van der Waals surface area contributed by atoms with Crippen molar-refractivity contribution in [3.63, 3.8) is 0 Å². The van der Waals surface area contributed by atoms with Gasteiger partial charge in [-0.1, -0.05) is 13.8 Å². The van der Waals surface area contributed by atoms with Gasteiger partial charge in [-0.05, 0) is 26.2 Å². The molecule has 0 aromatic heterocycles. The van der Waals surface area contributed by atoms with Gasteiger partial charge in [0, 0.05) is 32.4 Å². The fraction of sp³-hybridized carbons (Fsp3) is 1.00. The van der Waals surface area contributed by atoms with E-state index in [1.165, 1.54) is 0 Å². The molecule has 0 aliphatic heterocycles. The minimum Gasteiger partial charge on any atom is -0.377 e. The van der Waals surface area contributed by atoms with Crippen LogP contribution in [-0.4, -0.2) is 35.2 Å². The van der Waals surface area contributed by atoms with Crippen molar-refractivity contribution in [3.8, 4) is 0 Å².